The van der Waals surface area contributed by atoms with E-state index in [-0.39, 0.29) is 0 Å². The molecule has 3 atom stereocenters. The van der Waals surface area contributed by atoms with Crippen molar-refractivity contribution in [2.45, 2.75) is 57.6 Å². The van der Waals surface area contributed by atoms with E-state index in [4.69, 9.17) is 4.74 Å². The third-order valence-electron chi connectivity index (χ3n) is 4.54. The minimum absolute atomic E-state index is 0.494. The number of nitrogens with one attached hydrogen (secondary N) is 1. The molecule has 0 spiro atoms. The van der Waals surface area contributed by atoms with Crippen LogP contribution in [0, 0.1) is 5.92 Å². The molecule has 3 heteroatoms. The van der Waals surface area contributed by atoms with E-state index >= 15 is 0 Å². The standard InChI is InChI=1S/C15H30N2O/c1-3-9-16-11-13-7-8-15(13)17(2)12-14-6-4-5-10-18-14/h13-16H,3-12H2,1-2H3. The van der Waals surface area contributed by atoms with Crippen LogP contribution in [0.3, 0.4) is 0 Å². The second-order valence-electron chi connectivity index (χ2n) is 6.04. The summed E-state index contributed by atoms with van der Waals surface area (Å²) in [5.41, 5.74) is 0. The van der Waals surface area contributed by atoms with Crippen LogP contribution in [-0.2, 0) is 4.74 Å². The molecule has 2 rings (SSSR count). The predicted octanol–water partition coefficient (Wildman–Crippen LogP) is 2.27. The minimum Gasteiger partial charge on any atom is -0.377 e. The monoisotopic (exact) mass is 254 g/mol. The molecule has 2 aliphatic rings. The fraction of sp³-hybridized carbons (Fsp3) is 1.00. The minimum atomic E-state index is 0.494. The number of nitrogens with zero attached hydrogens (tertiary/aromatic N) is 1. The van der Waals surface area contributed by atoms with Crippen LogP contribution in [0.4, 0.5) is 0 Å². The van der Waals surface area contributed by atoms with Gasteiger partial charge < -0.3 is 15.0 Å². The van der Waals surface area contributed by atoms with Gasteiger partial charge in [-0.05, 0) is 64.6 Å². The van der Waals surface area contributed by atoms with Gasteiger partial charge in [-0.15, -0.1) is 0 Å². The first-order valence-electron chi connectivity index (χ1n) is 7.83. The molecular weight excluding hydrogens is 224 g/mol. The van der Waals surface area contributed by atoms with Gasteiger partial charge in [0, 0.05) is 19.2 Å². The third-order valence-corrected chi connectivity index (χ3v) is 4.54. The van der Waals surface area contributed by atoms with Gasteiger partial charge in [0.05, 0.1) is 6.10 Å². The molecule has 1 saturated carbocycles. The molecule has 0 aromatic heterocycles. The van der Waals surface area contributed by atoms with Gasteiger partial charge in [0.2, 0.25) is 0 Å². The summed E-state index contributed by atoms with van der Waals surface area (Å²) in [5, 5.41) is 3.57. The molecule has 3 nitrogen and oxygen atoms in total. The summed E-state index contributed by atoms with van der Waals surface area (Å²) in [6.07, 6.45) is 8.38. The lowest BCUT2D eigenvalue weighted by molar-refractivity contribution is -0.0251. The van der Waals surface area contributed by atoms with Gasteiger partial charge in [0.25, 0.3) is 0 Å². The van der Waals surface area contributed by atoms with Crippen LogP contribution in [0.2, 0.25) is 0 Å². The maximum Gasteiger partial charge on any atom is 0.0702 e. The molecule has 0 amide bonds. The Hall–Kier alpha value is -0.120. The Morgan fingerprint density at radius 3 is 2.72 bits per heavy atom. The Kier molecular flexibility index (Phi) is 5.93. The lowest BCUT2D eigenvalue weighted by atomic mass is 9.78. The molecule has 1 heterocycles. The van der Waals surface area contributed by atoms with E-state index in [2.05, 4.69) is 24.2 Å². The van der Waals surface area contributed by atoms with E-state index in [9.17, 15) is 0 Å². The highest BCUT2D eigenvalue weighted by molar-refractivity contribution is 4.89. The molecule has 1 aliphatic heterocycles. The van der Waals surface area contributed by atoms with Crippen molar-refractivity contribution >= 4 is 0 Å². The molecule has 1 saturated heterocycles. The first kappa shape index (κ1) is 14.3. The zero-order valence-corrected chi connectivity index (χ0v) is 12.2. The average Bonchev–Trinajstić information content (AvgIpc) is 2.34. The summed E-state index contributed by atoms with van der Waals surface area (Å²) in [5.74, 6) is 0.866. The van der Waals surface area contributed by atoms with Crippen LogP contribution in [0.15, 0.2) is 0 Å². The molecule has 1 N–H and O–H groups in total. The summed E-state index contributed by atoms with van der Waals surface area (Å²) < 4.78 is 5.84. The van der Waals surface area contributed by atoms with Gasteiger partial charge in [0.15, 0.2) is 0 Å². The molecule has 3 unspecified atom stereocenters. The zero-order chi connectivity index (χ0) is 12.8. The molecule has 0 radical (unpaired) electrons. The van der Waals surface area contributed by atoms with Gasteiger partial charge in [-0.3, -0.25) is 0 Å². The van der Waals surface area contributed by atoms with Crippen molar-refractivity contribution in [3.8, 4) is 0 Å². The van der Waals surface area contributed by atoms with E-state index in [1.54, 1.807) is 0 Å². The maximum atomic E-state index is 5.84. The molecule has 18 heavy (non-hydrogen) atoms. The van der Waals surface area contributed by atoms with Crippen LogP contribution in [0.1, 0.15) is 45.4 Å². The maximum absolute atomic E-state index is 5.84. The van der Waals surface area contributed by atoms with Crippen LogP contribution >= 0.6 is 0 Å². The molecular formula is C15H30N2O. The van der Waals surface area contributed by atoms with Gasteiger partial charge >= 0.3 is 0 Å². The highest BCUT2D eigenvalue weighted by Gasteiger charge is 2.34. The SMILES string of the molecule is CCCNCC1CCC1N(C)CC1CCCCO1. The Morgan fingerprint density at radius 2 is 2.11 bits per heavy atom. The summed E-state index contributed by atoms with van der Waals surface area (Å²) in [7, 11) is 2.29. The molecule has 1 aliphatic carbocycles. The number of hydrogen-bond donors (Lipinski definition) is 1. The Labute approximate surface area is 112 Å². The molecule has 106 valence electrons. The lowest BCUT2D eigenvalue weighted by Gasteiger charge is -2.44. The predicted molar refractivity (Wildman–Crippen MR) is 75.9 cm³/mol. The van der Waals surface area contributed by atoms with Crippen molar-refractivity contribution < 1.29 is 4.74 Å². The van der Waals surface area contributed by atoms with Crippen molar-refractivity contribution in [3.63, 3.8) is 0 Å². The topological polar surface area (TPSA) is 24.5 Å². The smallest absolute Gasteiger partial charge is 0.0702 e. The first-order valence-corrected chi connectivity index (χ1v) is 7.83. The first-order chi connectivity index (χ1) is 8.81. The molecule has 0 aromatic carbocycles. The Morgan fingerprint density at radius 1 is 1.22 bits per heavy atom. The number of ether oxygens (including phenoxy) is 1. The van der Waals surface area contributed by atoms with Crippen LogP contribution in [-0.4, -0.2) is 50.3 Å². The fourth-order valence-corrected chi connectivity index (χ4v) is 3.24. The van der Waals surface area contributed by atoms with Gasteiger partial charge in [-0.2, -0.15) is 0 Å². The Bertz CT molecular complexity index is 229. The molecule has 0 bridgehead atoms. The van der Waals surface area contributed by atoms with Crippen molar-refractivity contribution in [1.29, 1.82) is 0 Å². The fourth-order valence-electron chi connectivity index (χ4n) is 3.24. The largest absolute Gasteiger partial charge is 0.377 e. The van der Waals surface area contributed by atoms with Crippen LogP contribution in [0.25, 0.3) is 0 Å². The van der Waals surface area contributed by atoms with E-state index in [1.807, 2.05) is 0 Å². The third kappa shape index (κ3) is 3.94. The lowest BCUT2D eigenvalue weighted by Crippen LogP contribution is -2.51. The van der Waals surface area contributed by atoms with Gasteiger partial charge in [0.1, 0.15) is 0 Å². The van der Waals surface area contributed by atoms with E-state index in [0.29, 0.717) is 6.10 Å². The van der Waals surface area contributed by atoms with E-state index in [1.165, 1.54) is 51.6 Å². The zero-order valence-electron chi connectivity index (χ0n) is 12.2. The Balaban J connectivity index is 1.66. The van der Waals surface area contributed by atoms with Crippen LogP contribution in [0.5, 0.6) is 0 Å². The van der Waals surface area contributed by atoms with Crippen molar-refractivity contribution in [3.05, 3.63) is 0 Å². The quantitative estimate of drug-likeness (QED) is 0.705. The number of rotatable bonds is 7. The van der Waals surface area contributed by atoms with Gasteiger partial charge in [-0.25, -0.2) is 0 Å². The molecule has 0 aromatic rings. The van der Waals surface area contributed by atoms with Crippen LogP contribution < -0.4 is 5.32 Å². The summed E-state index contributed by atoms with van der Waals surface area (Å²) in [4.78, 5) is 2.55. The van der Waals surface area contributed by atoms with Crippen molar-refractivity contribution in [2.24, 2.45) is 5.92 Å². The second kappa shape index (κ2) is 7.46. The average molecular weight is 254 g/mol. The summed E-state index contributed by atoms with van der Waals surface area (Å²) >= 11 is 0. The van der Waals surface area contributed by atoms with Crippen molar-refractivity contribution in [1.82, 2.24) is 10.2 Å². The number of hydrogen-bond acceptors (Lipinski definition) is 3. The normalized spacial score (nSPS) is 32.5. The van der Waals surface area contributed by atoms with Gasteiger partial charge in [-0.1, -0.05) is 6.92 Å². The number of likely N-dealkylation sites (N-methyl/N-ethyl adjacent to an activating group) is 1. The summed E-state index contributed by atoms with van der Waals surface area (Å²) in [6, 6.07) is 0.792. The van der Waals surface area contributed by atoms with E-state index < -0.39 is 0 Å². The van der Waals surface area contributed by atoms with Crippen molar-refractivity contribution in [2.75, 3.05) is 33.3 Å². The second-order valence-corrected chi connectivity index (χ2v) is 6.04. The highest BCUT2D eigenvalue weighted by Crippen LogP contribution is 2.31. The van der Waals surface area contributed by atoms with E-state index in [0.717, 1.165) is 25.1 Å². The summed E-state index contributed by atoms with van der Waals surface area (Å²) in [6.45, 7) is 6.71. The highest BCUT2D eigenvalue weighted by atomic mass is 16.5. The molecule has 2 fully saturated rings.